The van der Waals surface area contributed by atoms with Crippen molar-refractivity contribution in [3.63, 3.8) is 0 Å². The minimum Gasteiger partial charge on any atom is -0.310 e. The first-order valence-electron chi connectivity index (χ1n) is 6.45. The van der Waals surface area contributed by atoms with E-state index < -0.39 is 0 Å². The highest BCUT2D eigenvalue weighted by atomic mass is 14.9. The number of aromatic nitrogens is 1. The third kappa shape index (κ3) is 3.93. The first-order valence-corrected chi connectivity index (χ1v) is 6.45. The molecule has 0 saturated heterocycles. The Balaban J connectivity index is 2.50. The maximum Gasteiger partial charge on any atom is 0.0318 e. The van der Waals surface area contributed by atoms with Crippen molar-refractivity contribution < 1.29 is 0 Å². The van der Waals surface area contributed by atoms with Gasteiger partial charge in [-0.25, -0.2) is 0 Å². The molecule has 1 aromatic rings. The largest absolute Gasteiger partial charge is 0.310 e. The van der Waals surface area contributed by atoms with Gasteiger partial charge in [0.2, 0.25) is 0 Å². The third-order valence-corrected chi connectivity index (χ3v) is 3.32. The summed E-state index contributed by atoms with van der Waals surface area (Å²) in [5.74, 6) is 0.802. The Morgan fingerprint density at radius 1 is 1.06 bits per heavy atom. The van der Waals surface area contributed by atoms with Crippen molar-refractivity contribution in [1.29, 1.82) is 0 Å². The highest BCUT2D eigenvalue weighted by Crippen LogP contribution is 2.16. The molecule has 1 heterocycles. The van der Waals surface area contributed by atoms with E-state index >= 15 is 0 Å². The van der Waals surface area contributed by atoms with Gasteiger partial charge in [-0.2, -0.15) is 0 Å². The highest BCUT2D eigenvalue weighted by Gasteiger charge is 2.10. The quantitative estimate of drug-likeness (QED) is 0.760. The second-order valence-corrected chi connectivity index (χ2v) is 4.33. The monoisotopic (exact) mass is 220 g/mol. The van der Waals surface area contributed by atoms with Crippen molar-refractivity contribution in [2.75, 3.05) is 6.54 Å². The Bertz CT molecular complexity index is 267. The molecular weight excluding hydrogens is 196 g/mol. The van der Waals surface area contributed by atoms with Crippen molar-refractivity contribution in [2.45, 2.75) is 46.1 Å². The lowest BCUT2D eigenvalue weighted by molar-refractivity contribution is 0.406. The molecule has 2 nitrogen and oxygen atoms in total. The first-order chi connectivity index (χ1) is 7.81. The van der Waals surface area contributed by atoms with Gasteiger partial charge in [0.1, 0.15) is 0 Å². The van der Waals surface area contributed by atoms with Gasteiger partial charge >= 0.3 is 0 Å². The van der Waals surface area contributed by atoms with Crippen molar-refractivity contribution in [3.05, 3.63) is 30.1 Å². The predicted molar refractivity (Wildman–Crippen MR) is 69.3 cm³/mol. The summed E-state index contributed by atoms with van der Waals surface area (Å²) in [5.41, 5.74) is 1.35. The molecule has 0 bridgehead atoms. The Labute approximate surface area is 99.5 Å². The fourth-order valence-electron chi connectivity index (χ4n) is 1.98. The van der Waals surface area contributed by atoms with Crippen molar-refractivity contribution in [1.82, 2.24) is 10.3 Å². The fraction of sp³-hybridized carbons (Fsp3) is 0.643. The summed E-state index contributed by atoms with van der Waals surface area (Å²) in [6.07, 6.45) is 7.39. The molecule has 1 N–H and O–H groups in total. The molecule has 0 aliphatic carbocycles. The topological polar surface area (TPSA) is 24.9 Å². The zero-order valence-electron chi connectivity index (χ0n) is 10.7. The van der Waals surface area contributed by atoms with Gasteiger partial charge < -0.3 is 5.32 Å². The molecule has 1 rings (SSSR count). The smallest absolute Gasteiger partial charge is 0.0318 e. The van der Waals surface area contributed by atoms with Crippen LogP contribution in [0.25, 0.3) is 0 Å². The third-order valence-electron chi connectivity index (χ3n) is 3.32. The maximum atomic E-state index is 4.06. The Morgan fingerprint density at radius 3 is 2.19 bits per heavy atom. The minimum atomic E-state index is 0.476. The zero-order valence-corrected chi connectivity index (χ0v) is 10.7. The number of hydrogen-bond acceptors (Lipinski definition) is 2. The molecule has 1 unspecified atom stereocenters. The van der Waals surface area contributed by atoms with E-state index in [2.05, 4.69) is 43.2 Å². The lowest BCUT2D eigenvalue weighted by Crippen LogP contribution is -2.26. The van der Waals surface area contributed by atoms with E-state index in [9.17, 15) is 0 Å². The van der Waals surface area contributed by atoms with Crippen molar-refractivity contribution in [2.24, 2.45) is 5.92 Å². The van der Waals surface area contributed by atoms with E-state index in [0.717, 1.165) is 18.9 Å². The number of nitrogens with one attached hydrogen (secondary N) is 1. The van der Waals surface area contributed by atoms with Crippen LogP contribution in [0.15, 0.2) is 24.5 Å². The lowest BCUT2D eigenvalue weighted by atomic mass is 10.0. The molecule has 1 atom stereocenters. The molecule has 0 amide bonds. The summed E-state index contributed by atoms with van der Waals surface area (Å²) in [6.45, 7) is 7.88. The van der Waals surface area contributed by atoms with Crippen LogP contribution in [-0.2, 0) is 0 Å². The number of nitrogens with zero attached hydrogens (tertiary/aromatic N) is 1. The summed E-state index contributed by atoms with van der Waals surface area (Å²) in [4.78, 5) is 4.06. The van der Waals surface area contributed by atoms with E-state index in [1.165, 1.54) is 18.4 Å². The van der Waals surface area contributed by atoms with Gasteiger partial charge in [0.05, 0.1) is 0 Å². The number of hydrogen-bond donors (Lipinski definition) is 1. The standard InChI is InChI=1S/C14H24N2/c1-4-12(5-2)11-16-14(6-3)13-7-9-15-10-8-13/h7-10,12,14,16H,4-6,11H2,1-3H3. The van der Waals surface area contributed by atoms with Crippen LogP contribution in [0, 0.1) is 5.92 Å². The molecule has 0 aliphatic heterocycles. The van der Waals surface area contributed by atoms with Crippen LogP contribution >= 0.6 is 0 Å². The lowest BCUT2D eigenvalue weighted by Gasteiger charge is -2.21. The van der Waals surface area contributed by atoms with Crippen LogP contribution in [-0.4, -0.2) is 11.5 Å². The van der Waals surface area contributed by atoms with Gasteiger partial charge in [0, 0.05) is 18.4 Å². The summed E-state index contributed by atoms with van der Waals surface area (Å²) < 4.78 is 0. The van der Waals surface area contributed by atoms with Gasteiger partial charge in [0.15, 0.2) is 0 Å². The van der Waals surface area contributed by atoms with E-state index in [0.29, 0.717) is 6.04 Å². The van der Waals surface area contributed by atoms with Crippen LogP contribution in [0.1, 0.15) is 51.6 Å². The molecule has 0 saturated carbocycles. The van der Waals surface area contributed by atoms with E-state index in [1.807, 2.05) is 12.4 Å². The number of rotatable bonds is 7. The second kappa shape index (κ2) is 7.39. The van der Waals surface area contributed by atoms with Crippen LogP contribution in [0.3, 0.4) is 0 Å². The summed E-state index contributed by atoms with van der Waals surface area (Å²) in [5, 5.41) is 3.66. The molecule has 2 heteroatoms. The van der Waals surface area contributed by atoms with Gasteiger partial charge in [-0.3, -0.25) is 4.98 Å². The minimum absolute atomic E-state index is 0.476. The van der Waals surface area contributed by atoms with Gasteiger partial charge in [-0.15, -0.1) is 0 Å². The average Bonchev–Trinajstić information content (AvgIpc) is 2.36. The molecule has 1 aromatic heterocycles. The molecular formula is C14H24N2. The Morgan fingerprint density at radius 2 is 1.69 bits per heavy atom. The Kier molecular flexibility index (Phi) is 6.09. The Hall–Kier alpha value is -0.890. The van der Waals surface area contributed by atoms with Crippen LogP contribution in [0.4, 0.5) is 0 Å². The fourth-order valence-corrected chi connectivity index (χ4v) is 1.98. The molecule has 90 valence electrons. The zero-order chi connectivity index (χ0) is 11.8. The van der Waals surface area contributed by atoms with Crippen molar-refractivity contribution >= 4 is 0 Å². The average molecular weight is 220 g/mol. The van der Waals surface area contributed by atoms with Crippen LogP contribution in [0.5, 0.6) is 0 Å². The molecule has 0 radical (unpaired) electrons. The van der Waals surface area contributed by atoms with Crippen LogP contribution in [0.2, 0.25) is 0 Å². The van der Waals surface area contributed by atoms with Gasteiger partial charge in [-0.1, -0.05) is 33.6 Å². The molecule has 0 spiro atoms. The summed E-state index contributed by atoms with van der Waals surface area (Å²) in [6, 6.07) is 4.69. The van der Waals surface area contributed by atoms with E-state index in [-0.39, 0.29) is 0 Å². The molecule has 0 aliphatic rings. The number of pyridine rings is 1. The molecule has 0 aromatic carbocycles. The van der Waals surface area contributed by atoms with Crippen molar-refractivity contribution in [3.8, 4) is 0 Å². The predicted octanol–water partition coefficient (Wildman–Crippen LogP) is 3.56. The summed E-state index contributed by atoms with van der Waals surface area (Å²) in [7, 11) is 0. The van der Waals surface area contributed by atoms with Gasteiger partial charge in [0.25, 0.3) is 0 Å². The molecule has 0 fully saturated rings. The summed E-state index contributed by atoms with van der Waals surface area (Å²) >= 11 is 0. The SMILES string of the molecule is CCC(CC)CNC(CC)c1ccncc1. The van der Waals surface area contributed by atoms with E-state index in [1.54, 1.807) is 0 Å². The van der Waals surface area contributed by atoms with E-state index in [4.69, 9.17) is 0 Å². The first kappa shape index (κ1) is 13.2. The normalized spacial score (nSPS) is 13.0. The van der Waals surface area contributed by atoms with Crippen LogP contribution < -0.4 is 5.32 Å². The molecule has 16 heavy (non-hydrogen) atoms. The second-order valence-electron chi connectivity index (χ2n) is 4.33. The maximum absolute atomic E-state index is 4.06. The highest BCUT2D eigenvalue weighted by molar-refractivity contribution is 5.14. The van der Waals surface area contributed by atoms with Gasteiger partial charge in [-0.05, 0) is 36.6 Å².